The topological polar surface area (TPSA) is 76.0 Å². The zero-order valence-corrected chi connectivity index (χ0v) is 10.8. The number of carbonyl (C=O) groups is 1. The molecular formula is C13H18O5. The molecule has 0 fully saturated rings. The van der Waals surface area contributed by atoms with Gasteiger partial charge in [-0.25, -0.2) is 0 Å². The fourth-order valence-electron chi connectivity index (χ4n) is 1.25. The van der Waals surface area contributed by atoms with Crippen LogP contribution in [-0.4, -0.2) is 29.9 Å². The Balaban J connectivity index is 2.82. The Kier molecular flexibility index (Phi) is 4.55. The molecule has 0 saturated heterocycles. The van der Waals surface area contributed by atoms with E-state index in [2.05, 4.69) is 0 Å². The Morgan fingerprint density at radius 1 is 1.33 bits per heavy atom. The molecule has 0 amide bonds. The zero-order valence-electron chi connectivity index (χ0n) is 10.8. The highest BCUT2D eigenvalue weighted by molar-refractivity contribution is 5.73. The van der Waals surface area contributed by atoms with Crippen molar-refractivity contribution in [3.8, 4) is 11.5 Å². The molecule has 0 aliphatic rings. The number of methoxy groups -OCH3 is 1. The van der Waals surface area contributed by atoms with Crippen molar-refractivity contribution < 1.29 is 24.5 Å². The average molecular weight is 254 g/mol. The Morgan fingerprint density at radius 2 is 2.00 bits per heavy atom. The van der Waals surface area contributed by atoms with Crippen molar-refractivity contribution in [3.63, 3.8) is 0 Å². The monoisotopic (exact) mass is 254 g/mol. The van der Waals surface area contributed by atoms with Crippen LogP contribution >= 0.6 is 0 Å². The molecule has 18 heavy (non-hydrogen) atoms. The third-order valence-corrected chi connectivity index (χ3v) is 2.58. The molecule has 1 rings (SSSR count). The fourth-order valence-corrected chi connectivity index (χ4v) is 1.25. The maximum Gasteiger partial charge on any atom is 0.312 e. The standard InChI is InChI=1S/C13H18O5/c1-13(2,12(15)16)8-18-10-5-4-9(7-14)6-11(10)17-3/h4-6,14H,7-8H2,1-3H3,(H,15,16). The fraction of sp³-hybridized carbons (Fsp3) is 0.462. The van der Waals surface area contributed by atoms with Crippen LogP contribution in [0.4, 0.5) is 0 Å². The number of benzene rings is 1. The zero-order chi connectivity index (χ0) is 13.8. The van der Waals surface area contributed by atoms with Gasteiger partial charge in [0, 0.05) is 0 Å². The molecule has 100 valence electrons. The Bertz CT molecular complexity index is 425. The second-order valence-electron chi connectivity index (χ2n) is 4.62. The van der Waals surface area contributed by atoms with Crippen LogP contribution in [0, 0.1) is 5.41 Å². The lowest BCUT2D eigenvalue weighted by atomic mass is 9.95. The molecule has 5 heteroatoms. The lowest BCUT2D eigenvalue weighted by Gasteiger charge is -2.20. The molecule has 0 aliphatic carbocycles. The maximum absolute atomic E-state index is 11.0. The highest BCUT2D eigenvalue weighted by Crippen LogP contribution is 2.29. The summed E-state index contributed by atoms with van der Waals surface area (Å²) in [5.41, 5.74) is -0.266. The molecule has 1 aromatic rings. The number of aliphatic hydroxyl groups excluding tert-OH is 1. The highest BCUT2D eigenvalue weighted by Gasteiger charge is 2.28. The van der Waals surface area contributed by atoms with Gasteiger partial charge >= 0.3 is 5.97 Å². The van der Waals surface area contributed by atoms with E-state index in [0.29, 0.717) is 17.1 Å². The molecule has 0 aromatic heterocycles. The summed E-state index contributed by atoms with van der Waals surface area (Å²) in [6.07, 6.45) is 0. The Morgan fingerprint density at radius 3 is 2.50 bits per heavy atom. The van der Waals surface area contributed by atoms with E-state index in [1.165, 1.54) is 7.11 Å². The molecular weight excluding hydrogens is 236 g/mol. The van der Waals surface area contributed by atoms with Crippen LogP contribution in [0.15, 0.2) is 18.2 Å². The van der Waals surface area contributed by atoms with Crippen LogP contribution in [0.1, 0.15) is 19.4 Å². The minimum absolute atomic E-state index is 0.0389. The molecule has 1 aromatic carbocycles. The van der Waals surface area contributed by atoms with E-state index in [1.54, 1.807) is 32.0 Å². The minimum Gasteiger partial charge on any atom is -0.493 e. The lowest BCUT2D eigenvalue weighted by molar-refractivity contribution is -0.148. The second kappa shape index (κ2) is 5.73. The number of carboxylic acid groups (broad SMARTS) is 1. The summed E-state index contributed by atoms with van der Waals surface area (Å²) < 4.78 is 10.6. The van der Waals surface area contributed by atoms with E-state index in [-0.39, 0.29) is 13.2 Å². The summed E-state index contributed by atoms with van der Waals surface area (Å²) >= 11 is 0. The highest BCUT2D eigenvalue weighted by atomic mass is 16.5. The number of aliphatic carboxylic acids is 1. The van der Waals surface area contributed by atoms with Gasteiger partial charge in [0.15, 0.2) is 11.5 Å². The van der Waals surface area contributed by atoms with Gasteiger partial charge in [-0.15, -0.1) is 0 Å². The van der Waals surface area contributed by atoms with Crippen LogP contribution in [0.2, 0.25) is 0 Å². The first kappa shape index (κ1) is 14.3. The van der Waals surface area contributed by atoms with Gasteiger partial charge in [-0.1, -0.05) is 6.07 Å². The molecule has 2 N–H and O–H groups in total. The molecule has 0 saturated carbocycles. The average Bonchev–Trinajstić information content (AvgIpc) is 2.35. The summed E-state index contributed by atoms with van der Waals surface area (Å²) in [6, 6.07) is 5.01. The van der Waals surface area contributed by atoms with Crippen LogP contribution in [0.25, 0.3) is 0 Å². The third-order valence-electron chi connectivity index (χ3n) is 2.58. The molecule has 5 nitrogen and oxygen atoms in total. The summed E-state index contributed by atoms with van der Waals surface area (Å²) in [7, 11) is 1.49. The van der Waals surface area contributed by atoms with Crippen molar-refractivity contribution in [1.82, 2.24) is 0 Å². The molecule has 0 bridgehead atoms. The number of hydrogen-bond donors (Lipinski definition) is 2. The van der Waals surface area contributed by atoms with Gasteiger partial charge in [-0.2, -0.15) is 0 Å². The van der Waals surface area contributed by atoms with Gasteiger partial charge in [0.1, 0.15) is 6.61 Å². The normalized spacial score (nSPS) is 11.1. The van der Waals surface area contributed by atoms with Crippen LogP contribution in [0.5, 0.6) is 11.5 Å². The SMILES string of the molecule is COc1cc(CO)ccc1OCC(C)(C)C(=O)O. The summed E-state index contributed by atoms with van der Waals surface area (Å²) in [6.45, 7) is 3.13. The summed E-state index contributed by atoms with van der Waals surface area (Å²) in [4.78, 5) is 11.0. The van der Waals surface area contributed by atoms with E-state index >= 15 is 0 Å². The molecule has 0 atom stereocenters. The van der Waals surface area contributed by atoms with E-state index in [0.717, 1.165) is 0 Å². The molecule has 0 spiro atoms. The number of rotatable bonds is 6. The van der Waals surface area contributed by atoms with Crippen molar-refractivity contribution in [2.45, 2.75) is 20.5 Å². The molecule has 0 radical (unpaired) electrons. The van der Waals surface area contributed by atoms with Gasteiger partial charge < -0.3 is 19.7 Å². The van der Waals surface area contributed by atoms with Gasteiger partial charge in [0.2, 0.25) is 0 Å². The Labute approximate surface area is 106 Å². The maximum atomic E-state index is 11.0. The van der Waals surface area contributed by atoms with Gasteiger partial charge in [0.05, 0.1) is 19.1 Å². The van der Waals surface area contributed by atoms with E-state index in [1.807, 2.05) is 0 Å². The molecule has 0 aliphatic heterocycles. The first-order valence-electron chi connectivity index (χ1n) is 5.54. The smallest absolute Gasteiger partial charge is 0.312 e. The van der Waals surface area contributed by atoms with Crippen molar-refractivity contribution in [2.24, 2.45) is 5.41 Å². The van der Waals surface area contributed by atoms with E-state index in [9.17, 15) is 4.79 Å². The van der Waals surface area contributed by atoms with E-state index < -0.39 is 11.4 Å². The number of hydrogen-bond acceptors (Lipinski definition) is 4. The third kappa shape index (κ3) is 3.37. The summed E-state index contributed by atoms with van der Waals surface area (Å²) in [5, 5.41) is 18.0. The number of ether oxygens (including phenoxy) is 2. The number of carboxylic acids is 1. The van der Waals surface area contributed by atoms with Crippen LogP contribution < -0.4 is 9.47 Å². The lowest BCUT2D eigenvalue weighted by Crippen LogP contribution is -2.30. The Hall–Kier alpha value is -1.75. The van der Waals surface area contributed by atoms with Crippen molar-refractivity contribution in [2.75, 3.05) is 13.7 Å². The number of aliphatic hydroxyl groups is 1. The molecule has 0 heterocycles. The minimum atomic E-state index is -0.972. The van der Waals surface area contributed by atoms with Crippen LogP contribution in [-0.2, 0) is 11.4 Å². The predicted octanol–water partition coefficient (Wildman–Crippen LogP) is 1.68. The first-order valence-corrected chi connectivity index (χ1v) is 5.54. The van der Waals surface area contributed by atoms with Crippen molar-refractivity contribution in [1.29, 1.82) is 0 Å². The van der Waals surface area contributed by atoms with Gasteiger partial charge in [0.25, 0.3) is 0 Å². The van der Waals surface area contributed by atoms with Gasteiger partial charge in [-0.05, 0) is 31.5 Å². The largest absolute Gasteiger partial charge is 0.493 e. The summed E-state index contributed by atoms with van der Waals surface area (Å²) in [5.74, 6) is 0.0141. The van der Waals surface area contributed by atoms with Crippen LogP contribution in [0.3, 0.4) is 0 Å². The van der Waals surface area contributed by atoms with Crippen molar-refractivity contribution >= 4 is 5.97 Å². The first-order chi connectivity index (χ1) is 8.40. The molecule has 0 unspecified atom stereocenters. The van der Waals surface area contributed by atoms with Gasteiger partial charge in [-0.3, -0.25) is 4.79 Å². The second-order valence-corrected chi connectivity index (χ2v) is 4.62. The van der Waals surface area contributed by atoms with Crippen molar-refractivity contribution in [3.05, 3.63) is 23.8 Å². The quantitative estimate of drug-likeness (QED) is 0.807. The van der Waals surface area contributed by atoms with E-state index in [4.69, 9.17) is 19.7 Å². The predicted molar refractivity (Wildman–Crippen MR) is 65.8 cm³/mol.